The highest BCUT2D eigenvalue weighted by molar-refractivity contribution is 5.81. The van der Waals surface area contributed by atoms with Gasteiger partial charge in [-0.05, 0) is 12.3 Å². The zero-order valence-corrected chi connectivity index (χ0v) is 11.1. The van der Waals surface area contributed by atoms with Crippen LogP contribution in [-0.4, -0.2) is 60.1 Å². The highest BCUT2D eigenvalue weighted by Gasteiger charge is 2.18. The van der Waals surface area contributed by atoms with Crippen LogP contribution in [-0.2, 0) is 0 Å². The largest absolute Gasteiger partial charge is 0.409 e. The Morgan fingerprint density at radius 2 is 1.88 bits per heavy atom. The molecule has 1 atom stereocenters. The number of hydrogen-bond acceptors (Lipinski definition) is 4. The molecule has 1 saturated heterocycles. The van der Waals surface area contributed by atoms with E-state index in [0.717, 1.165) is 32.1 Å². The SMILES string of the molecule is CCCC(C)CN1CCN(CC(N)=NO)CC1. The fourth-order valence-corrected chi connectivity index (χ4v) is 2.42. The standard InChI is InChI=1S/C12H26N4O/c1-3-4-11(2)9-15-5-7-16(8-6-15)10-12(13)14-17/h11,17H,3-10H2,1-2H3,(H2,13,14). The molecule has 1 unspecified atom stereocenters. The molecule has 0 aromatic heterocycles. The van der Waals surface area contributed by atoms with Crippen LogP contribution in [0.4, 0.5) is 0 Å². The van der Waals surface area contributed by atoms with Gasteiger partial charge < -0.3 is 15.8 Å². The zero-order chi connectivity index (χ0) is 12.7. The molecule has 1 fully saturated rings. The van der Waals surface area contributed by atoms with Gasteiger partial charge in [-0.25, -0.2) is 0 Å². The molecule has 0 bridgehead atoms. The van der Waals surface area contributed by atoms with Crippen molar-refractivity contribution in [1.29, 1.82) is 0 Å². The monoisotopic (exact) mass is 242 g/mol. The third-order valence-corrected chi connectivity index (χ3v) is 3.33. The van der Waals surface area contributed by atoms with Crippen molar-refractivity contribution in [2.75, 3.05) is 39.3 Å². The van der Waals surface area contributed by atoms with E-state index in [1.165, 1.54) is 19.4 Å². The van der Waals surface area contributed by atoms with Crippen LogP contribution in [0.2, 0.25) is 0 Å². The van der Waals surface area contributed by atoms with Crippen LogP contribution in [0.3, 0.4) is 0 Å². The molecule has 1 rings (SSSR count). The van der Waals surface area contributed by atoms with Crippen molar-refractivity contribution in [3.05, 3.63) is 0 Å². The zero-order valence-electron chi connectivity index (χ0n) is 11.1. The van der Waals surface area contributed by atoms with Crippen LogP contribution >= 0.6 is 0 Å². The molecule has 5 nitrogen and oxygen atoms in total. The van der Waals surface area contributed by atoms with Crippen molar-refractivity contribution >= 4 is 5.84 Å². The van der Waals surface area contributed by atoms with Gasteiger partial charge in [0.15, 0.2) is 5.84 Å². The summed E-state index contributed by atoms with van der Waals surface area (Å²) in [6.45, 7) is 10.5. The first-order valence-electron chi connectivity index (χ1n) is 6.56. The minimum absolute atomic E-state index is 0.304. The number of nitrogens with two attached hydrogens (primary N) is 1. The highest BCUT2D eigenvalue weighted by Crippen LogP contribution is 2.09. The molecule has 100 valence electrons. The van der Waals surface area contributed by atoms with Crippen LogP contribution in [0.1, 0.15) is 26.7 Å². The highest BCUT2D eigenvalue weighted by atomic mass is 16.4. The van der Waals surface area contributed by atoms with Crippen molar-refractivity contribution in [2.45, 2.75) is 26.7 Å². The van der Waals surface area contributed by atoms with Gasteiger partial charge >= 0.3 is 0 Å². The molecule has 3 N–H and O–H groups in total. The lowest BCUT2D eigenvalue weighted by Gasteiger charge is -2.35. The van der Waals surface area contributed by atoms with Crippen molar-refractivity contribution in [2.24, 2.45) is 16.8 Å². The molecular weight excluding hydrogens is 216 g/mol. The fraction of sp³-hybridized carbons (Fsp3) is 0.917. The summed E-state index contributed by atoms with van der Waals surface area (Å²) in [4.78, 5) is 4.75. The summed E-state index contributed by atoms with van der Waals surface area (Å²) in [7, 11) is 0. The Labute approximate surface area is 104 Å². The molecule has 0 spiro atoms. The van der Waals surface area contributed by atoms with E-state index in [2.05, 4.69) is 28.8 Å². The molecular formula is C12H26N4O. The molecule has 0 amide bonds. The maximum absolute atomic E-state index is 8.52. The summed E-state index contributed by atoms with van der Waals surface area (Å²) in [5.74, 6) is 1.09. The Kier molecular flexibility index (Phi) is 6.29. The number of hydrogen-bond donors (Lipinski definition) is 2. The molecule has 17 heavy (non-hydrogen) atoms. The van der Waals surface area contributed by atoms with Gasteiger partial charge in [-0.2, -0.15) is 0 Å². The Morgan fingerprint density at radius 1 is 1.29 bits per heavy atom. The Balaban J connectivity index is 2.21. The number of piperazine rings is 1. The number of nitrogens with zero attached hydrogens (tertiary/aromatic N) is 3. The molecule has 0 aliphatic carbocycles. The molecule has 0 radical (unpaired) electrons. The summed E-state index contributed by atoms with van der Waals surface area (Å²) in [6.07, 6.45) is 2.58. The summed E-state index contributed by atoms with van der Waals surface area (Å²) >= 11 is 0. The van der Waals surface area contributed by atoms with E-state index in [0.29, 0.717) is 12.4 Å². The summed E-state index contributed by atoms with van der Waals surface area (Å²) < 4.78 is 0. The molecule has 1 aliphatic heterocycles. The predicted octanol–water partition coefficient (Wildman–Crippen LogP) is 0.787. The number of rotatable bonds is 6. The Bertz CT molecular complexity index is 237. The third-order valence-electron chi connectivity index (χ3n) is 3.33. The van der Waals surface area contributed by atoms with E-state index in [4.69, 9.17) is 10.9 Å². The predicted molar refractivity (Wildman–Crippen MR) is 70.4 cm³/mol. The maximum Gasteiger partial charge on any atom is 0.153 e. The van der Waals surface area contributed by atoms with Gasteiger partial charge in [0.1, 0.15) is 0 Å². The van der Waals surface area contributed by atoms with Gasteiger partial charge in [0.05, 0.1) is 6.54 Å². The molecule has 0 saturated carbocycles. The molecule has 1 aliphatic rings. The normalized spacial score (nSPS) is 21.6. The van der Waals surface area contributed by atoms with Crippen molar-refractivity contribution in [1.82, 2.24) is 9.80 Å². The quantitative estimate of drug-likeness (QED) is 0.313. The van der Waals surface area contributed by atoms with Crippen molar-refractivity contribution in [3.8, 4) is 0 Å². The van der Waals surface area contributed by atoms with Gasteiger partial charge in [0, 0.05) is 32.7 Å². The van der Waals surface area contributed by atoms with Crippen molar-refractivity contribution in [3.63, 3.8) is 0 Å². The van der Waals surface area contributed by atoms with Gasteiger partial charge in [-0.3, -0.25) is 4.90 Å². The summed E-state index contributed by atoms with van der Waals surface area (Å²) in [5.41, 5.74) is 5.50. The van der Waals surface area contributed by atoms with E-state index >= 15 is 0 Å². The van der Waals surface area contributed by atoms with E-state index in [1.54, 1.807) is 0 Å². The second-order valence-corrected chi connectivity index (χ2v) is 5.06. The summed E-state index contributed by atoms with van der Waals surface area (Å²) in [6, 6.07) is 0. The van der Waals surface area contributed by atoms with Crippen LogP contribution in [0, 0.1) is 5.92 Å². The lowest BCUT2D eigenvalue weighted by Crippen LogP contribution is -2.49. The number of amidine groups is 1. The second kappa shape index (κ2) is 7.50. The van der Waals surface area contributed by atoms with Gasteiger partial charge in [-0.1, -0.05) is 25.4 Å². The molecule has 1 heterocycles. The first-order valence-corrected chi connectivity index (χ1v) is 6.56. The molecule has 5 heteroatoms. The first kappa shape index (κ1) is 14.3. The Morgan fingerprint density at radius 3 is 2.41 bits per heavy atom. The van der Waals surface area contributed by atoms with Gasteiger partial charge in [-0.15, -0.1) is 0 Å². The summed E-state index contributed by atoms with van der Waals surface area (Å²) in [5, 5.41) is 11.5. The smallest absolute Gasteiger partial charge is 0.153 e. The van der Waals surface area contributed by atoms with E-state index in [1.807, 2.05) is 0 Å². The Hall–Kier alpha value is -0.810. The number of oxime groups is 1. The topological polar surface area (TPSA) is 65.1 Å². The molecule has 0 aromatic rings. The van der Waals surface area contributed by atoms with Crippen LogP contribution in [0.25, 0.3) is 0 Å². The third kappa shape index (κ3) is 5.37. The lowest BCUT2D eigenvalue weighted by atomic mass is 10.1. The minimum atomic E-state index is 0.304. The van der Waals surface area contributed by atoms with Crippen LogP contribution in [0.15, 0.2) is 5.16 Å². The van der Waals surface area contributed by atoms with Crippen LogP contribution in [0.5, 0.6) is 0 Å². The maximum atomic E-state index is 8.52. The van der Waals surface area contributed by atoms with Crippen molar-refractivity contribution < 1.29 is 5.21 Å². The second-order valence-electron chi connectivity index (χ2n) is 5.06. The van der Waals surface area contributed by atoms with E-state index in [9.17, 15) is 0 Å². The van der Waals surface area contributed by atoms with E-state index in [-0.39, 0.29) is 0 Å². The minimum Gasteiger partial charge on any atom is -0.409 e. The molecule has 0 aromatic carbocycles. The van der Waals surface area contributed by atoms with E-state index < -0.39 is 0 Å². The lowest BCUT2D eigenvalue weighted by molar-refractivity contribution is 0.129. The average Bonchev–Trinajstić information content (AvgIpc) is 2.32. The fourth-order valence-electron chi connectivity index (χ4n) is 2.42. The van der Waals surface area contributed by atoms with Gasteiger partial charge in [0.25, 0.3) is 0 Å². The average molecular weight is 242 g/mol. The van der Waals surface area contributed by atoms with Crippen LogP contribution < -0.4 is 5.73 Å². The van der Waals surface area contributed by atoms with Gasteiger partial charge in [0.2, 0.25) is 0 Å². The first-order chi connectivity index (χ1) is 8.15.